The maximum atomic E-state index is 12.6. The Bertz CT molecular complexity index is 454. The molecule has 0 fully saturated rings. The summed E-state index contributed by atoms with van der Waals surface area (Å²) in [5.41, 5.74) is 5.65. The Morgan fingerprint density at radius 3 is 2.67 bits per heavy atom. The first-order valence-corrected chi connectivity index (χ1v) is 5.74. The molecule has 0 aliphatic carbocycles. The topological polar surface area (TPSA) is 35.2 Å². The lowest BCUT2D eigenvalue weighted by Gasteiger charge is -2.21. The number of hydrogen-bond donors (Lipinski definition) is 1. The molecule has 2 nitrogen and oxygen atoms in total. The molecule has 5 heteroatoms. The van der Waals surface area contributed by atoms with Crippen molar-refractivity contribution in [3.63, 3.8) is 0 Å². The Morgan fingerprint density at radius 2 is 2.06 bits per heavy atom. The van der Waals surface area contributed by atoms with Crippen LogP contribution < -0.4 is 5.73 Å². The number of nitrogens with two attached hydrogens (primary N) is 1. The van der Waals surface area contributed by atoms with Crippen LogP contribution >= 0.6 is 0 Å². The van der Waals surface area contributed by atoms with Gasteiger partial charge in [0.2, 0.25) is 0 Å². The first-order chi connectivity index (χ1) is 8.48. The number of rotatable bonds is 2. The van der Waals surface area contributed by atoms with Gasteiger partial charge in [-0.05, 0) is 36.6 Å². The molecule has 18 heavy (non-hydrogen) atoms. The third-order valence-electron chi connectivity index (χ3n) is 2.84. The maximum absolute atomic E-state index is 12.6. The summed E-state index contributed by atoms with van der Waals surface area (Å²) >= 11 is 0. The van der Waals surface area contributed by atoms with Crippen LogP contribution in [-0.4, -0.2) is 6.61 Å². The zero-order chi connectivity index (χ0) is 13.2. The summed E-state index contributed by atoms with van der Waals surface area (Å²) in [4.78, 5) is 0. The zero-order valence-electron chi connectivity index (χ0n) is 9.70. The summed E-state index contributed by atoms with van der Waals surface area (Å²) in [6.07, 6.45) is -0.743. The summed E-state index contributed by atoms with van der Waals surface area (Å²) in [5, 5.41) is 0. The van der Waals surface area contributed by atoms with Crippen molar-refractivity contribution in [2.45, 2.75) is 25.1 Å². The van der Waals surface area contributed by atoms with Crippen LogP contribution in [0.5, 0.6) is 0 Å². The Kier molecular flexibility index (Phi) is 3.61. The van der Waals surface area contributed by atoms with Gasteiger partial charge in [-0.2, -0.15) is 13.2 Å². The lowest BCUT2D eigenvalue weighted by atomic mass is 10.0. The van der Waals surface area contributed by atoms with E-state index in [9.17, 15) is 13.2 Å². The number of allylic oxidation sites excluding steroid dienone is 1. The molecule has 0 bridgehead atoms. The minimum atomic E-state index is -4.35. The molecule has 0 spiro atoms. The van der Waals surface area contributed by atoms with Crippen LogP contribution in [-0.2, 0) is 10.9 Å². The molecule has 1 aliphatic rings. The van der Waals surface area contributed by atoms with E-state index in [1.807, 2.05) is 6.08 Å². The fraction of sp³-hybridized carbons (Fsp3) is 0.385. The van der Waals surface area contributed by atoms with Gasteiger partial charge in [0, 0.05) is 0 Å². The molecule has 98 valence electrons. The number of halogens is 3. The van der Waals surface area contributed by atoms with E-state index in [-0.39, 0.29) is 0 Å². The SMILES string of the molecule is NC(C1=CCCCO1)c1cccc(C(F)(F)F)c1. The van der Waals surface area contributed by atoms with Crippen LogP contribution in [0.1, 0.15) is 30.0 Å². The third kappa shape index (κ3) is 2.85. The van der Waals surface area contributed by atoms with Crippen molar-refractivity contribution >= 4 is 0 Å². The molecule has 1 aromatic carbocycles. The monoisotopic (exact) mass is 257 g/mol. The lowest BCUT2D eigenvalue weighted by Crippen LogP contribution is -2.18. The Balaban J connectivity index is 2.25. The van der Waals surface area contributed by atoms with E-state index < -0.39 is 17.8 Å². The van der Waals surface area contributed by atoms with Gasteiger partial charge >= 0.3 is 6.18 Å². The third-order valence-corrected chi connectivity index (χ3v) is 2.84. The van der Waals surface area contributed by atoms with Gasteiger partial charge in [0.05, 0.1) is 18.2 Å². The second-order valence-corrected chi connectivity index (χ2v) is 4.20. The predicted octanol–water partition coefficient (Wildman–Crippen LogP) is 3.40. The quantitative estimate of drug-likeness (QED) is 0.881. The van der Waals surface area contributed by atoms with E-state index in [0.717, 1.165) is 25.0 Å². The molecule has 0 radical (unpaired) electrons. The smallest absolute Gasteiger partial charge is 0.416 e. The normalized spacial score (nSPS) is 17.9. The van der Waals surface area contributed by atoms with Crippen LogP contribution in [0.2, 0.25) is 0 Å². The fourth-order valence-corrected chi connectivity index (χ4v) is 1.87. The van der Waals surface area contributed by atoms with Crippen molar-refractivity contribution in [3.8, 4) is 0 Å². The number of alkyl halides is 3. The number of hydrogen-bond acceptors (Lipinski definition) is 2. The highest BCUT2D eigenvalue weighted by Crippen LogP contribution is 2.32. The van der Waals surface area contributed by atoms with Crippen molar-refractivity contribution in [3.05, 3.63) is 47.2 Å². The number of ether oxygens (including phenoxy) is 1. The van der Waals surface area contributed by atoms with Crippen molar-refractivity contribution in [1.82, 2.24) is 0 Å². The van der Waals surface area contributed by atoms with Crippen LogP contribution in [0.15, 0.2) is 36.1 Å². The predicted molar refractivity (Wildman–Crippen MR) is 61.6 cm³/mol. The van der Waals surface area contributed by atoms with Gasteiger partial charge in [0.15, 0.2) is 0 Å². The molecule has 1 atom stereocenters. The second kappa shape index (κ2) is 5.02. The summed E-state index contributed by atoms with van der Waals surface area (Å²) in [5.74, 6) is 0.556. The van der Waals surface area contributed by atoms with Gasteiger partial charge in [0.25, 0.3) is 0 Å². The summed E-state index contributed by atoms with van der Waals surface area (Å²) < 4.78 is 43.1. The average molecular weight is 257 g/mol. The van der Waals surface area contributed by atoms with Gasteiger partial charge in [0.1, 0.15) is 5.76 Å². The van der Waals surface area contributed by atoms with Crippen LogP contribution in [0, 0.1) is 0 Å². The van der Waals surface area contributed by atoms with Crippen molar-refractivity contribution < 1.29 is 17.9 Å². The Labute approximate surface area is 103 Å². The summed E-state index contributed by atoms with van der Waals surface area (Å²) in [6, 6.07) is 4.42. The minimum Gasteiger partial charge on any atom is -0.496 e. The lowest BCUT2D eigenvalue weighted by molar-refractivity contribution is -0.137. The standard InChI is InChI=1S/C13H14F3NO/c14-13(15,16)10-5-3-4-9(8-10)12(17)11-6-1-2-7-18-11/h3-6,8,12H,1-2,7,17H2. The Hall–Kier alpha value is -1.49. The maximum Gasteiger partial charge on any atom is 0.416 e. The van der Waals surface area contributed by atoms with E-state index in [0.29, 0.717) is 17.9 Å². The molecule has 2 rings (SSSR count). The molecule has 1 heterocycles. The van der Waals surface area contributed by atoms with E-state index in [4.69, 9.17) is 10.5 Å². The van der Waals surface area contributed by atoms with E-state index in [1.54, 1.807) is 6.07 Å². The molecular formula is C13H14F3NO. The molecule has 0 saturated carbocycles. The summed E-state index contributed by atoms with van der Waals surface area (Å²) in [7, 11) is 0. The highest BCUT2D eigenvalue weighted by molar-refractivity contribution is 5.31. The first-order valence-electron chi connectivity index (χ1n) is 5.74. The largest absolute Gasteiger partial charge is 0.496 e. The number of benzene rings is 1. The first kappa shape index (κ1) is 13.0. The Morgan fingerprint density at radius 1 is 1.28 bits per heavy atom. The zero-order valence-corrected chi connectivity index (χ0v) is 9.70. The molecule has 0 aromatic heterocycles. The molecule has 0 saturated heterocycles. The van der Waals surface area contributed by atoms with Gasteiger partial charge < -0.3 is 10.5 Å². The minimum absolute atomic E-state index is 0.415. The van der Waals surface area contributed by atoms with Gasteiger partial charge in [-0.25, -0.2) is 0 Å². The molecule has 1 aliphatic heterocycles. The average Bonchev–Trinajstić information content (AvgIpc) is 2.38. The van der Waals surface area contributed by atoms with Gasteiger partial charge in [-0.1, -0.05) is 12.1 Å². The van der Waals surface area contributed by atoms with Crippen molar-refractivity contribution in [1.29, 1.82) is 0 Å². The van der Waals surface area contributed by atoms with Crippen molar-refractivity contribution in [2.24, 2.45) is 5.73 Å². The molecular weight excluding hydrogens is 243 g/mol. The highest BCUT2D eigenvalue weighted by atomic mass is 19.4. The molecule has 2 N–H and O–H groups in total. The summed E-state index contributed by atoms with van der Waals surface area (Å²) in [6.45, 7) is 0.568. The van der Waals surface area contributed by atoms with Gasteiger partial charge in [-0.3, -0.25) is 0 Å². The van der Waals surface area contributed by atoms with Gasteiger partial charge in [-0.15, -0.1) is 0 Å². The van der Waals surface area contributed by atoms with Crippen LogP contribution in [0.25, 0.3) is 0 Å². The molecule has 1 unspecified atom stereocenters. The highest BCUT2D eigenvalue weighted by Gasteiger charge is 2.31. The van der Waals surface area contributed by atoms with Crippen LogP contribution in [0.3, 0.4) is 0 Å². The fourth-order valence-electron chi connectivity index (χ4n) is 1.87. The van der Waals surface area contributed by atoms with E-state index >= 15 is 0 Å². The van der Waals surface area contributed by atoms with Crippen LogP contribution in [0.4, 0.5) is 13.2 Å². The molecule has 1 aromatic rings. The van der Waals surface area contributed by atoms with E-state index in [2.05, 4.69) is 0 Å². The second-order valence-electron chi connectivity index (χ2n) is 4.20. The molecule has 0 amide bonds. The van der Waals surface area contributed by atoms with E-state index in [1.165, 1.54) is 6.07 Å². The van der Waals surface area contributed by atoms with Crippen molar-refractivity contribution in [2.75, 3.05) is 6.61 Å².